The SMILES string of the molecule is C=CCC(OCc1ccccc1)C1OCCO1. The van der Waals surface area contributed by atoms with Crippen molar-refractivity contribution < 1.29 is 14.2 Å². The summed E-state index contributed by atoms with van der Waals surface area (Å²) in [7, 11) is 0. The predicted octanol–water partition coefficient (Wildman–Crippen LogP) is 2.52. The minimum Gasteiger partial charge on any atom is -0.368 e. The Bertz CT molecular complexity index is 331. The third-order valence-corrected chi connectivity index (χ3v) is 2.66. The molecular formula is C14H18O3. The van der Waals surface area contributed by atoms with Gasteiger partial charge in [-0.25, -0.2) is 0 Å². The average Bonchev–Trinajstić information content (AvgIpc) is 2.89. The molecule has 1 fully saturated rings. The fraction of sp³-hybridized carbons (Fsp3) is 0.429. The summed E-state index contributed by atoms with van der Waals surface area (Å²) < 4.78 is 16.8. The monoisotopic (exact) mass is 234 g/mol. The van der Waals surface area contributed by atoms with Crippen molar-refractivity contribution in [1.29, 1.82) is 0 Å². The highest BCUT2D eigenvalue weighted by Gasteiger charge is 2.26. The first-order valence-corrected chi connectivity index (χ1v) is 5.90. The largest absolute Gasteiger partial charge is 0.368 e. The van der Waals surface area contributed by atoms with Gasteiger partial charge in [-0.2, -0.15) is 0 Å². The molecule has 17 heavy (non-hydrogen) atoms. The molecule has 1 aromatic rings. The van der Waals surface area contributed by atoms with Crippen LogP contribution in [0.1, 0.15) is 12.0 Å². The minimum atomic E-state index is -0.253. The molecule has 0 radical (unpaired) electrons. The van der Waals surface area contributed by atoms with Crippen molar-refractivity contribution in [2.45, 2.75) is 25.4 Å². The third-order valence-electron chi connectivity index (χ3n) is 2.66. The maximum absolute atomic E-state index is 5.83. The summed E-state index contributed by atoms with van der Waals surface area (Å²) in [5.41, 5.74) is 1.15. The van der Waals surface area contributed by atoms with Gasteiger partial charge in [-0.1, -0.05) is 36.4 Å². The molecule has 0 bridgehead atoms. The van der Waals surface area contributed by atoms with E-state index in [0.29, 0.717) is 19.8 Å². The molecule has 0 saturated carbocycles. The van der Waals surface area contributed by atoms with E-state index in [9.17, 15) is 0 Å². The molecule has 0 N–H and O–H groups in total. The molecule has 1 aromatic carbocycles. The van der Waals surface area contributed by atoms with Crippen LogP contribution in [0.4, 0.5) is 0 Å². The van der Waals surface area contributed by atoms with Gasteiger partial charge in [0.25, 0.3) is 0 Å². The lowest BCUT2D eigenvalue weighted by Crippen LogP contribution is -2.29. The van der Waals surface area contributed by atoms with E-state index in [1.807, 2.05) is 36.4 Å². The van der Waals surface area contributed by atoms with E-state index < -0.39 is 0 Å². The van der Waals surface area contributed by atoms with Gasteiger partial charge in [-0.05, 0) is 12.0 Å². The lowest BCUT2D eigenvalue weighted by Gasteiger charge is -2.21. The standard InChI is InChI=1S/C14H18O3/c1-2-6-13(14-15-9-10-16-14)17-11-12-7-4-3-5-8-12/h2-5,7-8,13-14H,1,6,9-11H2. The zero-order chi connectivity index (χ0) is 11.9. The Morgan fingerprint density at radius 2 is 2.00 bits per heavy atom. The van der Waals surface area contributed by atoms with Crippen LogP contribution in [0.15, 0.2) is 43.0 Å². The third kappa shape index (κ3) is 3.66. The molecule has 0 aromatic heterocycles. The normalized spacial score (nSPS) is 18.1. The first-order valence-electron chi connectivity index (χ1n) is 5.90. The number of hydrogen-bond donors (Lipinski definition) is 0. The van der Waals surface area contributed by atoms with E-state index in [0.717, 1.165) is 12.0 Å². The maximum atomic E-state index is 5.83. The molecule has 0 amide bonds. The van der Waals surface area contributed by atoms with E-state index in [1.165, 1.54) is 0 Å². The fourth-order valence-electron chi connectivity index (χ4n) is 1.79. The van der Waals surface area contributed by atoms with Crippen molar-refractivity contribution in [1.82, 2.24) is 0 Å². The summed E-state index contributed by atoms with van der Waals surface area (Å²) in [6.45, 7) is 5.60. The van der Waals surface area contributed by atoms with Gasteiger partial charge in [0, 0.05) is 0 Å². The number of rotatable bonds is 6. The first-order chi connectivity index (χ1) is 8.40. The van der Waals surface area contributed by atoms with Crippen LogP contribution in [0.25, 0.3) is 0 Å². The molecule has 1 heterocycles. The van der Waals surface area contributed by atoms with Gasteiger partial charge in [0.2, 0.25) is 0 Å². The predicted molar refractivity (Wildman–Crippen MR) is 65.5 cm³/mol. The van der Waals surface area contributed by atoms with Crippen molar-refractivity contribution in [3.63, 3.8) is 0 Å². The Balaban J connectivity index is 1.86. The van der Waals surface area contributed by atoms with Gasteiger partial charge in [-0.15, -0.1) is 6.58 Å². The summed E-state index contributed by atoms with van der Waals surface area (Å²) in [5, 5.41) is 0. The zero-order valence-electron chi connectivity index (χ0n) is 9.88. The quantitative estimate of drug-likeness (QED) is 0.708. The van der Waals surface area contributed by atoms with E-state index in [4.69, 9.17) is 14.2 Å². The Hall–Kier alpha value is -1.16. The molecule has 1 aliphatic rings. The van der Waals surface area contributed by atoms with Gasteiger partial charge >= 0.3 is 0 Å². The molecule has 92 valence electrons. The van der Waals surface area contributed by atoms with Crippen LogP contribution in [0, 0.1) is 0 Å². The Morgan fingerprint density at radius 3 is 2.65 bits per heavy atom. The van der Waals surface area contributed by atoms with Gasteiger partial charge in [0.05, 0.1) is 19.8 Å². The average molecular weight is 234 g/mol. The lowest BCUT2D eigenvalue weighted by molar-refractivity contribution is -0.146. The van der Waals surface area contributed by atoms with Crippen LogP contribution < -0.4 is 0 Å². The van der Waals surface area contributed by atoms with Crippen LogP contribution in [0.3, 0.4) is 0 Å². The van der Waals surface area contributed by atoms with E-state index in [2.05, 4.69) is 6.58 Å². The van der Waals surface area contributed by atoms with Gasteiger partial charge in [0.15, 0.2) is 6.29 Å². The zero-order valence-corrected chi connectivity index (χ0v) is 9.88. The topological polar surface area (TPSA) is 27.7 Å². The van der Waals surface area contributed by atoms with E-state index in [1.54, 1.807) is 0 Å². The van der Waals surface area contributed by atoms with Gasteiger partial charge in [-0.3, -0.25) is 0 Å². The molecule has 0 aliphatic carbocycles. The van der Waals surface area contributed by atoms with Crippen LogP contribution in [0.2, 0.25) is 0 Å². The van der Waals surface area contributed by atoms with Crippen LogP contribution in [0.5, 0.6) is 0 Å². The molecular weight excluding hydrogens is 216 g/mol. The number of benzene rings is 1. The Labute approximate surface area is 102 Å². The summed E-state index contributed by atoms with van der Waals surface area (Å²) in [5.74, 6) is 0. The minimum absolute atomic E-state index is 0.0739. The maximum Gasteiger partial charge on any atom is 0.184 e. The lowest BCUT2D eigenvalue weighted by atomic mass is 10.2. The van der Waals surface area contributed by atoms with Crippen molar-refractivity contribution in [3.05, 3.63) is 48.6 Å². The second-order valence-corrected chi connectivity index (χ2v) is 3.97. The highest BCUT2D eigenvalue weighted by molar-refractivity contribution is 5.13. The molecule has 3 nitrogen and oxygen atoms in total. The molecule has 1 saturated heterocycles. The van der Waals surface area contributed by atoms with Crippen molar-refractivity contribution in [2.75, 3.05) is 13.2 Å². The summed E-state index contributed by atoms with van der Waals surface area (Å²) >= 11 is 0. The van der Waals surface area contributed by atoms with Crippen LogP contribution in [-0.4, -0.2) is 25.6 Å². The summed E-state index contributed by atoms with van der Waals surface area (Å²) in [6, 6.07) is 10.1. The van der Waals surface area contributed by atoms with Gasteiger partial charge in [0.1, 0.15) is 6.10 Å². The van der Waals surface area contributed by atoms with Crippen molar-refractivity contribution in [3.8, 4) is 0 Å². The summed E-state index contributed by atoms with van der Waals surface area (Å²) in [6.07, 6.45) is 2.24. The van der Waals surface area contributed by atoms with Crippen molar-refractivity contribution in [2.24, 2.45) is 0 Å². The number of hydrogen-bond acceptors (Lipinski definition) is 3. The smallest absolute Gasteiger partial charge is 0.184 e. The highest BCUT2D eigenvalue weighted by Crippen LogP contribution is 2.17. The molecule has 1 atom stereocenters. The Morgan fingerprint density at radius 1 is 1.29 bits per heavy atom. The fourth-order valence-corrected chi connectivity index (χ4v) is 1.79. The van der Waals surface area contributed by atoms with Crippen molar-refractivity contribution >= 4 is 0 Å². The van der Waals surface area contributed by atoms with Crippen LogP contribution in [-0.2, 0) is 20.8 Å². The molecule has 2 rings (SSSR count). The summed E-state index contributed by atoms with van der Waals surface area (Å²) in [4.78, 5) is 0. The molecule has 1 unspecified atom stereocenters. The second-order valence-electron chi connectivity index (χ2n) is 3.97. The Kier molecular flexibility index (Phi) is 4.74. The van der Waals surface area contributed by atoms with Crippen LogP contribution >= 0.6 is 0 Å². The first kappa shape index (κ1) is 12.3. The highest BCUT2D eigenvalue weighted by atomic mass is 16.7. The van der Waals surface area contributed by atoms with E-state index >= 15 is 0 Å². The van der Waals surface area contributed by atoms with Gasteiger partial charge < -0.3 is 14.2 Å². The van der Waals surface area contributed by atoms with E-state index in [-0.39, 0.29) is 12.4 Å². The molecule has 1 aliphatic heterocycles. The number of ether oxygens (including phenoxy) is 3. The molecule has 3 heteroatoms. The molecule has 0 spiro atoms. The second kappa shape index (κ2) is 6.55.